The summed E-state index contributed by atoms with van der Waals surface area (Å²) in [5, 5.41) is 0. The number of hydrogen-bond donors (Lipinski definition) is 0. The second-order valence-corrected chi connectivity index (χ2v) is 8.90. The van der Waals surface area contributed by atoms with Gasteiger partial charge < -0.3 is 4.90 Å². The molecule has 140 valence electrons. The molecule has 6 heteroatoms. The Hall–Kier alpha value is -1.92. The molecular formula is C20H25FN2O2S. The Labute approximate surface area is 155 Å². The highest BCUT2D eigenvalue weighted by molar-refractivity contribution is 7.91. The number of aryl methyl sites for hydroxylation is 1. The average molecular weight is 376 g/mol. The Morgan fingerprint density at radius 3 is 2.35 bits per heavy atom. The van der Waals surface area contributed by atoms with Crippen LogP contribution in [0.15, 0.2) is 53.4 Å². The van der Waals surface area contributed by atoms with Gasteiger partial charge in [-0.25, -0.2) is 12.8 Å². The zero-order chi connectivity index (χ0) is 18.6. The van der Waals surface area contributed by atoms with Crippen molar-refractivity contribution in [3.8, 4) is 0 Å². The summed E-state index contributed by atoms with van der Waals surface area (Å²) in [7, 11) is -3.34. The van der Waals surface area contributed by atoms with Crippen LogP contribution in [0.5, 0.6) is 0 Å². The van der Waals surface area contributed by atoms with E-state index in [1.54, 1.807) is 0 Å². The smallest absolute Gasteiger partial charge is 0.178 e. The fourth-order valence-corrected chi connectivity index (χ4v) is 4.59. The Balaban J connectivity index is 1.46. The fourth-order valence-electron chi connectivity index (χ4n) is 3.29. The standard InChI is InChI=1S/C20H25FN2O2S/c1-17-4-2-5-19(16-17)23-13-11-22(12-14-23)10-3-15-26(24,25)20-8-6-18(21)7-9-20/h2,4-9,16H,3,10-15H2,1H3. The summed E-state index contributed by atoms with van der Waals surface area (Å²) in [5.74, 6) is -0.327. The molecule has 2 aromatic carbocycles. The Bertz CT molecular complexity index is 829. The molecule has 0 bridgehead atoms. The third-order valence-electron chi connectivity index (χ3n) is 4.80. The predicted molar refractivity (Wildman–Crippen MR) is 103 cm³/mol. The van der Waals surface area contributed by atoms with Crippen molar-refractivity contribution in [2.45, 2.75) is 18.2 Å². The zero-order valence-electron chi connectivity index (χ0n) is 15.1. The molecule has 1 aliphatic rings. The van der Waals surface area contributed by atoms with E-state index in [0.717, 1.165) is 32.7 Å². The minimum absolute atomic E-state index is 0.0940. The predicted octanol–water partition coefficient (Wildman–Crippen LogP) is 3.12. The molecular weight excluding hydrogens is 351 g/mol. The average Bonchev–Trinajstić information content (AvgIpc) is 2.62. The molecule has 1 saturated heterocycles. The van der Waals surface area contributed by atoms with Gasteiger partial charge in [0.05, 0.1) is 10.6 Å². The van der Waals surface area contributed by atoms with Gasteiger partial charge in [0.25, 0.3) is 0 Å². The Morgan fingerprint density at radius 2 is 1.69 bits per heavy atom. The van der Waals surface area contributed by atoms with Crippen molar-refractivity contribution in [3.05, 3.63) is 59.9 Å². The van der Waals surface area contributed by atoms with Gasteiger partial charge in [0.15, 0.2) is 9.84 Å². The lowest BCUT2D eigenvalue weighted by Crippen LogP contribution is -2.46. The van der Waals surface area contributed by atoms with E-state index in [1.807, 2.05) is 0 Å². The van der Waals surface area contributed by atoms with Crippen LogP contribution < -0.4 is 4.90 Å². The molecule has 26 heavy (non-hydrogen) atoms. The molecule has 0 saturated carbocycles. The topological polar surface area (TPSA) is 40.6 Å². The molecule has 0 aliphatic carbocycles. The van der Waals surface area contributed by atoms with E-state index >= 15 is 0 Å². The van der Waals surface area contributed by atoms with Crippen molar-refractivity contribution in [3.63, 3.8) is 0 Å². The normalized spacial score (nSPS) is 16.0. The minimum Gasteiger partial charge on any atom is -0.369 e. The highest BCUT2D eigenvalue weighted by Gasteiger charge is 2.19. The van der Waals surface area contributed by atoms with Crippen LogP contribution in [-0.2, 0) is 9.84 Å². The highest BCUT2D eigenvalue weighted by atomic mass is 32.2. The first kappa shape index (κ1) is 18.9. The van der Waals surface area contributed by atoms with Gasteiger partial charge in [-0.3, -0.25) is 4.90 Å². The second-order valence-electron chi connectivity index (χ2n) is 6.79. The van der Waals surface area contributed by atoms with Crippen LogP contribution in [-0.4, -0.2) is 51.8 Å². The molecule has 4 nitrogen and oxygen atoms in total. The van der Waals surface area contributed by atoms with E-state index in [4.69, 9.17) is 0 Å². The van der Waals surface area contributed by atoms with E-state index in [9.17, 15) is 12.8 Å². The first-order chi connectivity index (χ1) is 12.4. The van der Waals surface area contributed by atoms with E-state index in [0.29, 0.717) is 6.42 Å². The number of sulfone groups is 1. The number of rotatable bonds is 6. The van der Waals surface area contributed by atoms with E-state index in [1.165, 1.54) is 35.5 Å². The van der Waals surface area contributed by atoms with Crippen LogP contribution in [0.25, 0.3) is 0 Å². The number of anilines is 1. The lowest BCUT2D eigenvalue weighted by molar-refractivity contribution is 0.259. The van der Waals surface area contributed by atoms with Gasteiger partial charge in [0.1, 0.15) is 5.82 Å². The van der Waals surface area contributed by atoms with Crippen LogP contribution in [0.4, 0.5) is 10.1 Å². The van der Waals surface area contributed by atoms with Crippen molar-refractivity contribution in [2.24, 2.45) is 0 Å². The number of piperazine rings is 1. The molecule has 0 N–H and O–H groups in total. The number of hydrogen-bond acceptors (Lipinski definition) is 4. The molecule has 0 radical (unpaired) electrons. The molecule has 0 aromatic heterocycles. The highest BCUT2D eigenvalue weighted by Crippen LogP contribution is 2.18. The van der Waals surface area contributed by atoms with Gasteiger partial charge >= 0.3 is 0 Å². The summed E-state index contributed by atoms with van der Waals surface area (Å²) in [6.45, 7) is 6.64. The third-order valence-corrected chi connectivity index (χ3v) is 6.62. The molecule has 0 atom stereocenters. The molecule has 0 amide bonds. The molecule has 1 fully saturated rings. The van der Waals surface area contributed by atoms with Crippen LogP contribution in [0.1, 0.15) is 12.0 Å². The van der Waals surface area contributed by atoms with Crippen LogP contribution >= 0.6 is 0 Å². The number of nitrogens with zero attached hydrogens (tertiary/aromatic N) is 2. The van der Waals surface area contributed by atoms with Crippen molar-refractivity contribution >= 4 is 15.5 Å². The van der Waals surface area contributed by atoms with Crippen molar-refractivity contribution in [2.75, 3.05) is 43.4 Å². The summed E-state index contributed by atoms with van der Waals surface area (Å²) in [6.07, 6.45) is 0.587. The first-order valence-electron chi connectivity index (χ1n) is 8.96. The number of benzene rings is 2. The van der Waals surface area contributed by atoms with Gasteiger partial charge in [-0.05, 0) is 61.9 Å². The number of halogens is 1. The maximum absolute atomic E-state index is 12.9. The summed E-state index contributed by atoms with van der Waals surface area (Å²) in [5.41, 5.74) is 2.51. The first-order valence-corrected chi connectivity index (χ1v) is 10.6. The summed E-state index contributed by atoms with van der Waals surface area (Å²) < 4.78 is 37.6. The van der Waals surface area contributed by atoms with Gasteiger partial charge in [0.2, 0.25) is 0 Å². The molecule has 1 aliphatic heterocycles. The SMILES string of the molecule is Cc1cccc(N2CCN(CCCS(=O)(=O)c3ccc(F)cc3)CC2)c1. The fraction of sp³-hybridized carbons (Fsp3) is 0.400. The van der Waals surface area contributed by atoms with E-state index in [-0.39, 0.29) is 10.6 Å². The summed E-state index contributed by atoms with van der Waals surface area (Å²) in [4.78, 5) is 4.88. The largest absolute Gasteiger partial charge is 0.369 e. The van der Waals surface area contributed by atoms with Gasteiger partial charge in [-0.15, -0.1) is 0 Å². The van der Waals surface area contributed by atoms with Crippen LogP contribution in [0.2, 0.25) is 0 Å². The van der Waals surface area contributed by atoms with Crippen molar-refractivity contribution in [1.29, 1.82) is 0 Å². The lowest BCUT2D eigenvalue weighted by atomic mass is 10.2. The summed E-state index contributed by atoms with van der Waals surface area (Å²) in [6, 6.07) is 13.6. The maximum atomic E-state index is 12.9. The minimum atomic E-state index is -3.34. The summed E-state index contributed by atoms with van der Waals surface area (Å²) >= 11 is 0. The lowest BCUT2D eigenvalue weighted by Gasteiger charge is -2.36. The van der Waals surface area contributed by atoms with Crippen molar-refractivity contribution in [1.82, 2.24) is 4.90 Å². The van der Waals surface area contributed by atoms with Crippen molar-refractivity contribution < 1.29 is 12.8 Å². The Morgan fingerprint density at radius 1 is 1.00 bits per heavy atom. The van der Waals surface area contributed by atoms with Crippen LogP contribution in [0, 0.1) is 12.7 Å². The quantitative estimate of drug-likeness (QED) is 0.727. The zero-order valence-corrected chi connectivity index (χ0v) is 15.9. The molecule has 2 aromatic rings. The molecule has 3 rings (SSSR count). The van der Waals surface area contributed by atoms with E-state index in [2.05, 4.69) is 41.0 Å². The second kappa shape index (κ2) is 8.18. The van der Waals surface area contributed by atoms with Gasteiger partial charge in [-0.1, -0.05) is 12.1 Å². The maximum Gasteiger partial charge on any atom is 0.178 e. The molecule has 1 heterocycles. The van der Waals surface area contributed by atoms with Gasteiger partial charge in [-0.2, -0.15) is 0 Å². The third kappa shape index (κ3) is 4.83. The van der Waals surface area contributed by atoms with E-state index < -0.39 is 15.7 Å². The molecule has 0 spiro atoms. The monoisotopic (exact) mass is 376 g/mol. The van der Waals surface area contributed by atoms with Crippen LogP contribution in [0.3, 0.4) is 0 Å². The van der Waals surface area contributed by atoms with Gasteiger partial charge in [0, 0.05) is 31.9 Å². The molecule has 0 unspecified atom stereocenters. The Kier molecular flexibility index (Phi) is 5.94.